The molecule has 0 aromatic heterocycles. The summed E-state index contributed by atoms with van der Waals surface area (Å²) >= 11 is 0. The van der Waals surface area contributed by atoms with Crippen molar-refractivity contribution in [3.05, 3.63) is 0 Å². The van der Waals surface area contributed by atoms with Gasteiger partial charge in [-0.1, -0.05) is 12.8 Å². The highest BCUT2D eigenvalue weighted by molar-refractivity contribution is 5.81. The van der Waals surface area contributed by atoms with Gasteiger partial charge >= 0.3 is 0 Å². The lowest BCUT2D eigenvalue weighted by molar-refractivity contribution is -1.01. The molecule has 5 heterocycles. The zero-order chi connectivity index (χ0) is 30.1. The fourth-order valence-corrected chi connectivity index (χ4v) is 9.13. The molecule has 0 bridgehead atoms. The standard InChI is InChI=1S/C30H53F2N9O2/c1-39-11-10-21(17-39)36-29(42)19-8-12-40(13-9-19)26-23(32)15-34-16-24(26)37-30(43)25-27(33)38-41(18-20(31)14-35-28(25)41)22-6-4-2-3-5-7-22/h19-28,34-35,38H,2-18,33H2,1H3,(H-,36,37,42,43)/p+1. The highest BCUT2D eigenvalue weighted by atomic mass is 19.1. The number of nitrogens with zero attached hydrogens (tertiary/aromatic N) is 3. The average molecular weight is 611 g/mol. The van der Waals surface area contributed by atoms with Crippen LogP contribution in [-0.2, 0) is 9.59 Å². The highest BCUT2D eigenvalue weighted by Crippen LogP contribution is 2.38. The van der Waals surface area contributed by atoms with E-state index in [4.69, 9.17) is 5.73 Å². The molecule has 6 aliphatic rings. The Hall–Kier alpha value is -1.48. The van der Waals surface area contributed by atoms with Gasteiger partial charge in [0, 0.05) is 51.0 Å². The molecule has 6 rings (SSSR count). The van der Waals surface area contributed by atoms with Gasteiger partial charge in [-0.15, -0.1) is 5.43 Å². The van der Waals surface area contributed by atoms with Crippen LogP contribution in [0, 0.1) is 11.8 Å². The Morgan fingerprint density at radius 2 is 1.65 bits per heavy atom. The number of halogens is 2. The van der Waals surface area contributed by atoms with Crippen LogP contribution in [0.15, 0.2) is 0 Å². The second-order valence-electron chi connectivity index (χ2n) is 14.2. The summed E-state index contributed by atoms with van der Waals surface area (Å²) in [5, 5.41) is 12.9. The van der Waals surface area contributed by atoms with Gasteiger partial charge in [0.15, 0.2) is 12.3 Å². The zero-order valence-corrected chi connectivity index (χ0v) is 25.8. The molecule has 5 saturated heterocycles. The molecule has 244 valence electrons. The maximum absolute atomic E-state index is 15.6. The maximum atomic E-state index is 15.6. The minimum absolute atomic E-state index is 0.0656. The number of quaternary nitrogens is 1. The number of nitrogens with two attached hydrogens (primary N) is 1. The molecule has 11 nitrogen and oxygen atoms in total. The SMILES string of the molecule is CN1CCC(NC(=O)C2CCN(C3C(F)CNCC3NC(=O)C3C(N)N[N+]4(C5CCCCCC5)CC(F)CNC34)CC2)C1. The second-order valence-corrected chi connectivity index (χ2v) is 14.2. The van der Waals surface area contributed by atoms with E-state index in [1.165, 1.54) is 12.8 Å². The smallest absolute Gasteiger partial charge is 0.234 e. The van der Waals surface area contributed by atoms with Gasteiger partial charge < -0.3 is 26.6 Å². The van der Waals surface area contributed by atoms with Crippen molar-refractivity contribution in [1.29, 1.82) is 0 Å². The summed E-state index contributed by atoms with van der Waals surface area (Å²) in [4.78, 5) is 31.3. The summed E-state index contributed by atoms with van der Waals surface area (Å²) in [5.74, 6) is -0.755. The first kappa shape index (κ1) is 31.5. The second kappa shape index (κ2) is 13.5. The Kier molecular flexibility index (Phi) is 9.87. The number of likely N-dealkylation sites (N-methyl/N-ethyl adjacent to an activating group) is 1. The number of carbonyl (C=O) groups is 2. The van der Waals surface area contributed by atoms with Crippen molar-refractivity contribution < 1.29 is 23.0 Å². The topological polar surface area (TPSA) is 127 Å². The van der Waals surface area contributed by atoms with Gasteiger partial charge in [-0.3, -0.25) is 19.8 Å². The van der Waals surface area contributed by atoms with Crippen molar-refractivity contribution in [3.8, 4) is 0 Å². The summed E-state index contributed by atoms with van der Waals surface area (Å²) in [6, 6.07) is -0.491. The normalized spacial score (nSPS) is 42.3. The molecule has 0 aromatic rings. The predicted octanol–water partition coefficient (Wildman–Crippen LogP) is -0.460. The van der Waals surface area contributed by atoms with Gasteiger partial charge in [-0.25, -0.2) is 13.4 Å². The third kappa shape index (κ3) is 6.59. The van der Waals surface area contributed by atoms with Gasteiger partial charge in [0.2, 0.25) is 11.8 Å². The van der Waals surface area contributed by atoms with Crippen LogP contribution in [0.3, 0.4) is 0 Å². The summed E-state index contributed by atoms with van der Waals surface area (Å²) < 4.78 is 30.8. The van der Waals surface area contributed by atoms with Crippen LogP contribution in [0.5, 0.6) is 0 Å². The molecule has 0 aromatic carbocycles. The number of rotatable bonds is 6. The van der Waals surface area contributed by atoms with Gasteiger partial charge in [-0.2, -0.15) is 0 Å². The van der Waals surface area contributed by atoms with Crippen molar-refractivity contribution in [2.75, 3.05) is 59.4 Å². The van der Waals surface area contributed by atoms with E-state index in [1.807, 2.05) is 0 Å². The molecule has 6 fully saturated rings. The number of hydrogen-bond acceptors (Lipinski definition) is 8. The van der Waals surface area contributed by atoms with E-state index < -0.39 is 36.5 Å². The lowest BCUT2D eigenvalue weighted by atomic mass is 9.90. The molecule has 2 amide bonds. The van der Waals surface area contributed by atoms with Gasteiger partial charge in [0.05, 0.1) is 12.1 Å². The Labute approximate surface area is 254 Å². The summed E-state index contributed by atoms with van der Waals surface area (Å²) in [7, 11) is 2.07. The van der Waals surface area contributed by atoms with E-state index >= 15 is 4.39 Å². The minimum atomic E-state index is -1.14. The fraction of sp³-hybridized carbons (Fsp3) is 0.933. The molecular formula is C30H54F2N9O2+. The number of hydrogen-bond donors (Lipinski definition) is 6. The minimum Gasteiger partial charge on any atom is -0.352 e. The number of fused-ring (bicyclic) bond motifs is 1. The van der Waals surface area contributed by atoms with Crippen LogP contribution in [0.4, 0.5) is 8.78 Å². The quantitative estimate of drug-likeness (QED) is 0.176. The molecule has 0 radical (unpaired) electrons. The van der Waals surface area contributed by atoms with Crippen molar-refractivity contribution >= 4 is 11.8 Å². The number of carbonyl (C=O) groups excluding carboxylic acids is 2. The largest absolute Gasteiger partial charge is 0.352 e. The van der Waals surface area contributed by atoms with Crippen LogP contribution in [0.25, 0.3) is 0 Å². The first-order valence-corrected chi connectivity index (χ1v) is 16.9. The van der Waals surface area contributed by atoms with E-state index in [0.29, 0.717) is 43.6 Å². The van der Waals surface area contributed by atoms with Crippen molar-refractivity contribution in [1.82, 2.24) is 36.5 Å². The number of amides is 2. The lowest BCUT2D eigenvalue weighted by Gasteiger charge is -2.49. The molecular weight excluding hydrogens is 556 g/mol. The summed E-state index contributed by atoms with van der Waals surface area (Å²) in [6.45, 7) is 4.34. The molecule has 1 aliphatic carbocycles. The zero-order valence-electron chi connectivity index (χ0n) is 25.8. The molecule has 0 spiro atoms. The third-order valence-electron chi connectivity index (χ3n) is 11.3. The number of nitrogens with one attached hydrogen (secondary N) is 5. The van der Waals surface area contributed by atoms with Gasteiger partial charge in [-0.05, 0) is 58.8 Å². The molecule has 5 aliphatic heterocycles. The molecule has 13 heteroatoms. The van der Waals surface area contributed by atoms with E-state index in [2.05, 4.69) is 43.5 Å². The van der Waals surface area contributed by atoms with Crippen LogP contribution in [0.2, 0.25) is 0 Å². The molecule has 7 N–H and O–H groups in total. The summed E-state index contributed by atoms with van der Waals surface area (Å²) in [5.41, 5.74) is 10.1. The first-order valence-electron chi connectivity index (χ1n) is 16.9. The van der Waals surface area contributed by atoms with Gasteiger partial charge in [0.25, 0.3) is 0 Å². The molecule has 43 heavy (non-hydrogen) atoms. The van der Waals surface area contributed by atoms with E-state index in [-0.39, 0.29) is 49.1 Å². The Bertz CT molecular complexity index is 979. The number of likely N-dealkylation sites (tertiary alicyclic amines) is 2. The summed E-state index contributed by atoms with van der Waals surface area (Å²) in [6.07, 6.45) is 5.79. The number of piperidine rings is 2. The Morgan fingerprint density at radius 3 is 2.35 bits per heavy atom. The predicted molar refractivity (Wildman–Crippen MR) is 160 cm³/mol. The monoisotopic (exact) mass is 610 g/mol. The van der Waals surface area contributed by atoms with Crippen LogP contribution in [-0.4, -0.2) is 134 Å². The molecule has 9 unspecified atom stereocenters. The Morgan fingerprint density at radius 1 is 0.907 bits per heavy atom. The average Bonchev–Trinajstić information content (AvgIpc) is 3.38. The molecule has 1 saturated carbocycles. The van der Waals surface area contributed by atoms with Crippen LogP contribution >= 0.6 is 0 Å². The third-order valence-corrected chi connectivity index (χ3v) is 11.3. The Balaban J connectivity index is 1.10. The first-order chi connectivity index (χ1) is 20.7. The van der Waals surface area contributed by atoms with Crippen LogP contribution < -0.4 is 32.4 Å². The number of alkyl halides is 2. The van der Waals surface area contributed by atoms with Crippen molar-refractivity contribution in [2.45, 2.75) is 107 Å². The van der Waals surface area contributed by atoms with E-state index in [9.17, 15) is 14.0 Å². The van der Waals surface area contributed by atoms with E-state index in [1.54, 1.807) is 0 Å². The van der Waals surface area contributed by atoms with Crippen LogP contribution in [0.1, 0.15) is 57.8 Å². The van der Waals surface area contributed by atoms with E-state index in [0.717, 1.165) is 45.2 Å². The fourth-order valence-electron chi connectivity index (χ4n) is 9.13. The van der Waals surface area contributed by atoms with Crippen molar-refractivity contribution in [3.63, 3.8) is 0 Å². The lowest BCUT2D eigenvalue weighted by Crippen LogP contribution is -2.75. The maximum Gasteiger partial charge on any atom is 0.234 e. The highest BCUT2D eigenvalue weighted by Gasteiger charge is 2.62. The molecule has 9 atom stereocenters. The van der Waals surface area contributed by atoms with Crippen molar-refractivity contribution in [2.24, 2.45) is 17.6 Å². The van der Waals surface area contributed by atoms with Gasteiger partial charge in [0.1, 0.15) is 30.8 Å².